The molecule has 3 aromatic heterocycles. The fourth-order valence-corrected chi connectivity index (χ4v) is 6.15. The molecule has 1 aliphatic rings. The van der Waals surface area contributed by atoms with Gasteiger partial charge in [0.25, 0.3) is 10.9 Å². The average Bonchev–Trinajstić information content (AvgIpc) is 3.30. The van der Waals surface area contributed by atoms with Gasteiger partial charge in [0.05, 0.1) is 18.4 Å². The van der Waals surface area contributed by atoms with Gasteiger partial charge in [-0.25, -0.2) is 15.0 Å². The quantitative estimate of drug-likeness (QED) is 0.237. The zero-order valence-corrected chi connectivity index (χ0v) is 24.9. The van der Waals surface area contributed by atoms with Crippen LogP contribution >= 0.6 is 0 Å². The minimum atomic E-state index is -0.558. The smallest absolute Gasteiger partial charge is 0.271 e. The number of hydrogen-bond donors (Lipinski definition) is 2. The third-order valence-corrected chi connectivity index (χ3v) is 8.43. The Balaban J connectivity index is 1.19. The number of hydrogen-bond acceptors (Lipinski definition) is 9. The molecule has 1 aliphatic heterocycles. The number of benzene rings is 2. The highest BCUT2D eigenvalue weighted by molar-refractivity contribution is 5.84. The summed E-state index contributed by atoms with van der Waals surface area (Å²) in [6, 6.07) is 26.3. The summed E-state index contributed by atoms with van der Waals surface area (Å²) < 4.78 is 7.17. The van der Waals surface area contributed by atoms with E-state index in [1.54, 1.807) is 6.20 Å². The Labute approximate surface area is 259 Å². The molecule has 0 bridgehead atoms. The second-order valence-corrected chi connectivity index (χ2v) is 11.4. The van der Waals surface area contributed by atoms with Crippen molar-refractivity contribution < 1.29 is 4.74 Å². The summed E-state index contributed by atoms with van der Waals surface area (Å²) in [4.78, 5) is 40.6. The van der Waals surface area contributed by atoms with Crippen LogP contribution in [0.1, 0.15) is 24.8 Å². The SMILES string of the molecule is COc1c(NC2CCCCN(Cc3ccc(-n4c(-c5cccnc5N)nc5ccc(-c6ccccc6)nc54)cc3)C2)c(=O)c1=O. The predicted molar refractivity (Wildman–Crippen MR) is 176 cm³/mol. The summed E-state index contributed by atoms with van der Waals surface area (Å²) in [6.07, 6.45) is 4.69. The molecule has 1 atom stereocenters. The van der Waals surface area contributed by atoms with Gasteiger partial charge in [0.1, 0.15) is 17.0 Å². The zero-order chi connectivity index (χ0) is 30.9. The molecule has 7 rings (SSSR count). The normalized spacial score (nSPS) is 15.7. The topological polar surface area (TPSA) is 128 Å². The van der Waals surface area contributed by atoms with Gasteiger partial charge in [0.15, 0.2) is 17.2 Å². The number of nitrogens with zero attached hydrogens (tertiary/aromatic N) is 5. The van der Waals surface area contributed by atoms with Crippen LogP contribution in [0.15, 0.2) is 94.6 Å². The van der Waals surface area contributed by atoms with Crippen molar-refractivity contribution in [2.75, 3.05) is 31.2 Å². The van der Waals surface area contributed by atoms with E-state index in [0.29, 0.717) is 17.3 Å². The second-order valence-electron chi connectivity index (χ2n) is 11.4. The fourth-order valence-electron chi connectivity index (χ4n) is 6.15. The van der Waals surface area contributed by atoms with Crippen LogP contribution in [0.4, 0.5) is 11.5 Å². The number of nitrogens with one attached hydrogen (secondary N) is 1. The van der Waals surface area contributed by atoms with Crippen LogP contribution in [-0.2, 0) is 6.54 Å². The summed E-state index contributed by atoms with van der Waals surface area (Å²) in [7, 11) is 1.42. The zero-order valence-electron chi connectivity index (χ0n) is 24.9. The molecular weight excluding hydrogens is 566 g/mol. The molecule has 0 radical (unpaired) electrons. The molecule has 45 heavy (non-hydrogen) atoms. The largest absolute Gasteiger partial charge is 0.491 e. The molecule has 10 nitrogen and oxygen atoms in total. The van der Waals surface area contributed by atoms with Gasteiger partial charge in [0, 0.05) is 36.6 Å². The van der Waals surface area contributed by atoms with Crippen molar-refractivity contribution in [1.82, 2.24) is 24.4 Å². The van der Waals surface area contributed by atoms with Gasteiger partial charge >= 0.3 is 0 Å². The number of aromatic nitrogens is 4. The second kappa shape index (κ2) is 12.0. The van der Waals surface area contributed by atoms with E-state index in [1.807, 2.05) is 59.2 Å². The Morgan fingerprint density at radius 2 is 1.76 bits per heavy atom. The minimum absolute atomic E-state index is 0.0543. The van der Waals surface area contributed by atoms with Crippen molar-refractivity contribution in [3.8, 4) is 34.1 Å². The monoisotopic (exact) mass is 599 g/mol. The van der Waals surface area contributed by atoms with E-state index in [1.165, 1.54) is 7.11 Å². The van der Waals surface area contributed by atoms with Crippen molar-refractivity contribution in [3.63, 3.8) is 0 Å². The summed E-state index contributed by atoms with van der Waals surface area (Å²) >= 11 is 0. The molecule has 3 aromatic carbocycles. The molecule has 10 heteroatoms. The van der Waals surface area contributed by atoms with Crippen LogP contribution in [0.2, 0.25) is 0 Å². The Morgan fingerprint density at radius 1 is 0.933 bits per heavy atom. The van der Waals surface area contributed by atoms with E-state index in [9.17, 15) is 9.59 Å². The molecule has 0 spiro atoms. The molecule has 1 unspecified atom stereocenters. The Morgan fingerprint density at radius 3 is 2.53 bits per heavy atom. The lowest BCUT2D eigenvalue weighted by Crippen LogP contribution is -2.41. The Hall–Kier alpha value is -5.35. The van der Waals surface area contributed by atoms with Crippen LogP contribution in [0.25, 0.3) is 39.5 Å². The van der Waals surface area contributed by atoms with Gasteiger partial charge in [0.2, 0.25) is 0 Å². The molecule has 0 amide bonds. The van der Waals surface area contributed by atoms with Gasteiger partial charge in [-0.05, 0) is 61.3 Å². The number of anilines is 2. The maximum absolute atomic E-state index is 12.1. The molecular formula is C35H33N7O3. The predicted octanol–water partition coefficient (Wildman–Crippen LogP) is 4.80. The number of pyridine rings is 2. The van der Waals surface area contributed by atoms with E-state index in [0.717, 1.165) is 78.1 Å². The molecule has 4 heterocycles. The molecule has 0 aliphatic carbocycles. The lowest BCUT2D eigenvalue weighted by molar-refractivity contribution is 0.269. The average molecular weight is 600 g/mol. The van der Waals surface area contributed by atoms with Crippen molar-refractivity contribution in [2.24, 2.45) is 0 Å². The highest BCUT2D eigenvalue weighted by atomic mass is 16.5. The molecule has 6 aromatic rings. The summed E-state index contributed by atoms with van der Waals surface area (Å²) in [5.74, 6) is 1.21. The third kappa shape index (κ3) is 5.44. The number of nitrogens with two attached hydrogens (primary N) is 1. The summed E-state index contributed by atoms with van der Waals surface area (Å²) in [5.41, 5.74) is 11.8. The number of likely N-dealkylation sites (tertiary alicyclic amines) is 1. The maximum Gasteiger partial charge on any atom is 0.271 e. The first kappa shape index (κ1) is 28.4. The van der Waals surface area contributed by atoms with Crippen molar-refractivity contribution in [2.45, 2.75) is 31.8 Å². The van der Waals surface area contributed by atoms with Gasteiger partial charge in [-0.2, -0.15) is 0 Å². The van der Waals surface area contributed by atoms with E-state index in [2.05, 4.69) is 39.5 Å². The van der Waals surface area contributed by atoms with E-state index in [4.69, 9.17) is 20.4 Å². The molecule has 226 valence electrons. The Bertz CT molecular complexity index is 2050. The third-order valence-electron chi connectivity index (χ3n) is 8.43. The molecule has 1 fully saturated rings. The van der Waals surface area contributed by atoms with Gasteiger partial charge in [-0.1, -0.05) is 48.9 Å². The van der Waals surface area contributed by atoms with E-state index >= 15 is 0 Å². The number of nitrogen functional groups attached to an aromatic ring is 1. The van der Waals surface area contributed by atoms with Gasteiger partial charge in [-0.15, -0.1) is 0 Å². The lowest BCUT2D eigenvalue weighted by atomic mass is 10.1. The van der Waals surface area contributed by atoms with Crippen molar-refractivity contribution in [3.05, 3.63) is 111 Å². The number of rotatable bonds is 8. The first-order valence-electron chi connectivity index (χ1n) is 15.1. The van der Waals surface area contributed by atoms with Crippen LogP contribution < -0.4 is 26.6 Å². The Kier molecular flexibility index (Phi) is 7.56. The first-order valence-corrected chi connectivity index (χ1v) is 15.1. The molecule has 1 saturated heterocycles. The van der Waals surface area contributed by atoms with Crippen LogP contribution in [0, 0.1) is 0 Å². The summed E-state index contributed by atoms with van der Waals surface area (Å²) in [5, 5.41) is 3.29. The standard InChI is InChI=1S/C35H33N7O3/c1-45-32-29(30(43)31(32)44)38-24-10-5-6-19-41(21-24)20-22-12-14-25(15-13-22)42-34(26-11-7-18-37-33(26)36)40-28-17-16-27(39-35(28)42)23-8-3-2-4-9-23/h2-4,7-9,11-18,24,38H,5-6,10,19-21H2,1H3,(H2,36,37). The number of methoxy groups -OCH3 is 1. The van der Waals surface area contributed by atoms with Gasteiger partial charge < -0.3 is 15.8 Å². The number of ether oxygens (including phenoxy) is 1. The fraction of sp³-hybridized carbons (Fsp3) is 0.229. The first-order chi connectivity index (χ1) is 22.0. The molecule has 3 N–H and O–H groups in total. The van der Waals surface area contributed by atoms with Crippen molar-refractivity contribution in [1.29, 1.82) is 0 Å². The summed E-state index contributed by atoms with van der Waals surface area (Å²) in [6.45, 7) is 2.46. The number of imidazole rings is 1. The van der Waals surface area contributed by atoms with Crippen LogP contribution in [-0.4, -0.2) is 50.7 Å². The molecule has 0 saturated carbocycles. The maximum atomic E-state index is 12.1. The lowest BCUT2D eigenvalue weighted by Gasteiger charge is -2.26. The van der Waals surface area contributed by atoms with Crippen molar-refractivity contribution >= 4 is 22.7 Å². The number of fused-ring (bicyclic) bond motifs is 1. The highest BCUT2D eigenvalue weighted by Crippen LogP contribution is 2.32. The highest BCUT2D eigenvalue weighted by Gasteiger charge is 2.26. The van der Waals surface area contributed by atoms with Gasteiger partial charge in [-0.3, -0.25) is 19.1 Å². The van der Waals surface area contributed by atoms with Crippen LogP contribution in [0.5, 0.6) is 5.75 Å². The van der Waals surface area contributed by atoms with E-state index < -0.39 is 10.9 Å². The minimum Gasteiger partial charge on any atom is -0.491 e. The van der Waals surface area contributed by atoms with Crippen LogP contribution in [0.3, 0.4) is 0 Å². The van der Waals surface area contributed by atoms with E-state index in [-0.39, 0.29) is 11.8 Å².